The maximum atomic E-state index is 11.3. The standard InChI is InChI=1S/C11H20O2/c1-3-4-5-6-7-11-10(12)8-9(2)13-11/h9,11H,3-8H2,1-2H3/t9-,11+/m1/s1. The second kappa shape index (κ2) is 5.38. The number of carbonyl (C=O) groups is 1. The van der Waals surface area contributed by atoms with Gasteiger partial charge in [-0.3, -0.25) is 4.79 Å². The number of carbonyl (C=O) groups excluding carboxylic acids is 1. The fraction of sp³-hybridized carbons (Fsp3) is 0.909. The molecule has 76 valence electrons. The zero-order valence-corrected chi connectivity index (χ0v) is 8.71. The Morgan fingerprint density at radius 2 is 2.15 bits per heavy atom. The molecule has 0 N–H and O–H groups in total. The molecule has 1 aliphatic heterocycles. The summed E-state index contributed by atoms with van der Waals surface area (Å²) in [6, 6.07) is 0. The van der Waals surface area contributed by atoms with Gasteiger partial charge in [-0.2, -0.15) is 0 Å². The summed E-state index contributed by atoms with van der Waals surface area (Å²) >= 11 is 0. The first-order valence-electron chi connectivity index (χ1n) is 5.42. The van der Waals surface area contributed by atoms with E-state index in [1.165, 1.54) is 19.3 Å². The lowest BCUT2D eigenvalue weighted by Gasteiger charge is -2.08. The van der Waals surface area contributed by atoms with Crippen LogP contribution < -0.4 is 0 Å². The Morgan fingerprint density at radius 3 is 2.69 bits per heavy atom. The van der Waals surface area contributed by atoms with Gasteiger partial charge in [-0.1, -0.05) is 32.6 Å². The van der Waals surface area contributed by atoms with E-state index in [1.54, 1.807) is 0 Å². The summed E-state index contributed by atoms with van der Waals surface area (Å²) in [5.41, 5.74) is 0. The highest BCUT2D eigenvalue weighted by molar-refractivity contribution is 5.85. The third kappa shape index (κ3) is 3.47. The molecule has 1 rings (SSSR count). The molecule has 0 aliphatic carbocycles. The zero-order valence-electron chi connectivity index (χ0n) is 8.71. The molecule has 0 radical (unpaired) electrons. The first-order valence-corrected chi connectivity index (χ1v) is 5.42. The summed E-state index contributed by atoms with van der Waals surface area (Å²) < 4.78 is 5.50. The summed E-state index contributed by atoms with van der Waals surface area (Å²) in [6.45, 7) is 4.17. The largest absolute Gasteiger partial charge is 0.367 e. The average molecular weight is 184 g/mol. The minimum atomic E-state index is -0.0770. The molecule has 2 nitrogen and oxygen atoms in total. The first-order chi connectivity index (χ1) is 6.24. The van der Waals surface area contributed by atoms with Crippen LogP contribution in [0.3, 0.4) is 0 Å². The number of Topliss-reactive ketones (excluding diaryl/α,β-unsaturated/α-hetero) is 1. The molecule has 0 unspecified atom stereocenters. The highest BCUT2D eigenvalue weighted by Crippen LogP contribution is 2.20. The quantitative estimate of drug-likeness (QED) is 0.614. The van der Waals surface area contributed by atoms with Crippen molar-refractivity contribution in [2.45, 2.75) is 64.6 Å². The van der Waals surface area contributed by atoms with Gasteiger partial charge in [0.15, 0.2) is 5.78 Å². The molecule has 0 bridgehead atoms. The van der Waals surface area contributed by atoms with E-state index in [-0.39, 0.29) is 12.2 Å². The molecule has 2 heteroatoms. The van der Waals surface area contributed by atoms with Gasteiger partial charge in [0.1, 0.15) is 6.10 Å². The molecule has 0 spiro atoms. The molecule has 0 aromatic rings. The average Bonchev–Trinajstić information content (AvgIpc) is 2.39. The lowest BCUT2D eigenvalue weighted by atomic mass is 10.1. The third-order valence-electron chi connectivity index (χ3n) is 2.56. The number of hydrogen-bond donors (Lipinski definition) is 0. The fourth-order valence-electron chi connectivity index (χ4n) is 1.80. The van der Waals surface area contributed by atoms with Crippen LogP contribution in [0.5, 0.6) is 0 Å². The topological polar surface area (TPSA) is 26.3 Å². The molecule has 1 aliphatic rings. The first kappa shape index (κ1) is 10.7. The summed E-state index contributed by atoms with van der Waals surface area (Å²) in [5.74, 6) is 0.309. The Balaban J connectivity index is 2.11. The van der Waals surface area contributed by atoms with Crippen LogP contribution in [0.25, 0.3) is 0 Å². The monoisotopic (exact) mass is 184 g/mol. The molecule has 1 saturated heterocycles. The molecule has 0 aromatic heterocycles. The molecule has 1 fully saturated rings. The number of rotatable bonds is 5. The molecule has 2 atom stereocenters. The predicted octanol–water partition coefficient (Wildman–Crippen LogP) is 2.70. The minimum Gasteiger partial charge on any atom is -0.367 e. The maximum Gasteiger partial charge on any atom is 0.164 e. The van der Waals surface area contributed by atoms with Crippen LogP contribution in [-0.2, 0) is 9.53 Å². The van der Waals surface area contributed by atoms with Crippen molar-refractivity contribution < 1.29 is 9.53 Å². The van der Waals surface area contributed by atoms with Crippen molar-refractivity contribution in [2.75, 3.05) is 0 Å². The number of ketones is 1. The molecular formula is C11H20O2. The van der Waals surface area contributed by atoms with Crippen LogP contribution >= 0.6 is 0 Å². The molecule has 0 aromatic carbocycles. The fourth-order valence-corrected chi connectivity index (χ4v) is 1.80. The number of hydrogen-bond acceptors (Lipinski definition) is 2. The molecule has 0 amide bonds. The molecule has 13 heavy (non-hydrogen) atoms. The Bertz CT molecular complexity index is 165. The second-order valence-electron chi connectivity index (χ2n) is 3.96. The smallest absolute Gasteiger partial charge is 0.164 e. The van der Waals surface area contributed by atoms with Gasteiger partial charge in [0.25, 0.3) is 0 Å². The van der Waals surface area contributed by atoms with E-state index < -0.39 is 0 Å². The summed E-state index contributed by atoms with van der Waals surface area (Å²) in [7, 11) is 0. The van der Waals surface area contributed by atoms with Crippen molar-refractivity contribution in [2.24, 2.45) is 0 Å². The normalized spacial score (nSPS) is 28.3. The Hall–Kier alpha value is -0.370. The van der Waals surface area contributed by atoms with E-state index in [0.29, 0.717) is 12.2 Å². The Labute approximate surface area is 80.7 Å². The highest BCUT2D eigenvalue weighted by Gasteiger charge is 2.29. The third-order valence-corrected chi connectivity index (χ3v) is 2.56. The van der Waals surface area contributed by atoms with E-state index in [0.717, 1.165) is 12.8 Å². The van der Waals surface area contributed by atoms with Crippen molar-refractivity contribution in [3.8, 4) is 0 Å². The van der Waals surface area contributed by atoms with Crippen LogP contribution in [0.1, 0.15) is 52.4 Å². The number of unbranched alkanes of at least 4 members (excludes halogenated alkanes) is 3. The molecular weight excluding hydrogens is 164 g/mol. The van der Waals surface area contributed by atoms with Crippen LogP contribution in [-0.4, -0.2) is 18.0 Å². The van der Waals surface area contributed by atoms with Crippen molar-refractivity contribution in [1.82, 2.24) is 0 Å². The SMILES string of the molecule is CCCCCC[C@@H]1O[C@H](C)CC1=O. The van der Waals surface area contributed by atoms with E-state index in [1.807, 2.05) is 6.92 Å². The Morgan fingerprint density at radius 1 is 1.38 bits per heavy atom. The van der Waals surface area contributed by atoms with Crippen molar-refractivity contribution in [1.29, 1.82) is 0 Å². The van der Waals surface area contributed by atoms with Crippen LogP contribution in [0, 0.1) is 0 Å². The van der Waals surface area contributed by atoms with Gasteiger partial charge in [-0.05, 0) is 13.3 Å². The minimum absolute atomic E-state index is 0.0770. The van der Waals surface area contributed by atoms with Crippen LogP contribution in [0.15, 0.2) is 0 Å². The van der Waals surface area contributed by atoms with Crippen LogP contribution in [0.2, 0.25) is 0 Å². The molecule has 1 heterocycles. The zero-order chi connectivity index (χ0) is 9.68. The summed E-state index contributed by atoms with van der Waals surface area (Å²) in [4.78, 5) is 11.3. The van der Waals surface area contributed by atoms with E-state index in [2.05, 4.69) is 6.92 Å². The van der Waals surface area contributed by atoms with Gasteiger partial charge < -0.3 is 4.74 Å². The van der Waals surface area contributed by atoms with E-state index in [4.69, 9.17) is 4.74 Å². The van der Waals surface area contributed by atoms with Gasteiger partial charge in [0.2, 0.25) is 0 Å². The number of ether oxygens (including phenoxy) is 1. The Kier molecular flexibility index (Phi) is 4.43. The van der Waals surface area contributed by atoms with E-state index in [9.17, 15) is 4.79 Å². The maximum absolute atomic E-state index is 11.3. The van der Waals surface area contributed by atoms with Gasteiger partial charge in [0, 0.05) is 6.42 Å². The second-order valence-corrected chi connectivity index (χ2v) is 3.96. The van der Waals surface area contributed by atoms with E-state index >= 15 is 0 Å². The van der Waals surface area contributed by atoms with Crippen molar-refractivity contribution in [3.63, 3.8) is 0 Å². The van der Waals surface area contributed by atoms with Gasteiger partial charge >= 0.3 is 0 Å². The van der Waals surface area contributed by atoms with Crippen molar-refractivity contribution in [3.05, 3.63) is 0 Å². The highest BCUT2D eigenvalue weighted by atomic mass is 16.5. The molecule has 0 saturated carbocycles. The lowest BCUT2D eigenvalue weighted by molar-refractivity contribution is -0.122. The van der Waals surface area contributed by atoms with Gasteiger partial charge in [0.05, 0.1) is 6.10 Å². The van der Waals surface area contributed by atoms with Crippen LogP contribution in [0.4, 0.5) is 0 Å². The lowest BCUT2D eigenvalue weighted by Crippen LogP contribution is -2.15. The predicted molar refractivity (Wildman–Crippen MR) is 52.7 cm³/mol. The van der Waals surface area contributed by atoms with Gasteiger partial charge in [-0.25, -0.2) is 0 Å². The van der Waals surface area contributed by atoms with Gasteiger partial charge in [-0.15, -0.1) is 0 Å². The van der Waals surface area contributed by atoms with Crippen molar-refractivity contribution >= 4 is 5.78 Å². The summed E-state index contributed by atoms with van der Waals surface area (Å²) in [6.07, 6.45) is 6.53. The summed E-state index contributed by atoms with van der Waals surface area (Å²) in [5, 5.41) is 0.